The van der Waals surface area contributed by atoms with Crippen LogP contribution in [-0.2, 0) is 14.3 Å². The molecule has 138 valence electrons. The molecule has 0 aromatic heterocycles. The number of hydrogen-bond donors (Lipinski definition) is 0. The minimum atomic E-state index is -0.653. The summed E-state index contributed by atoms with van der Waals surface area (Å²) in [5.74, 6) is -1.22. The average Bonchev–Trinajstić information content (AvgIpc) is 2.98. The summed E-state index contributed by atoms with van der Waals surface area (Å²) in [4.78, 5) is 39.8. The predicted octanol–water partition coefficient (Wildman–Crippen LogP) is 3.09. The molecule has 0 saturated carbocycles. The number of urea groups is 1. The average molecular weight is 364 g/mol. The van der Waals surface area contributed by atoms with Crippen LogP contribution in [0, 0.1) is 0 Å². The Morgan fingerprint density at radius 3 is 1.93 bits per heavy atom. The van der Waals surface area contributed by atoms with Crippen molar-refractivity contribution < 1.29 is 19.1 Å². The third kappa shape index (κ3) is 3.60. The van der Waals surface area contributed by atoms with E-state index in [0.717, 1.165) is 23.3 Å². The summed E-state index contributed by atoms with van der Waals surface area (Å²) in [6.45, 7) is 0. The number of benzene rings is 2. The number of esters is 1. The Balaban J connectivity index is 2.05. The number of hydrogen-bond acceptors (Lipinski definition) is 4. The lowest BCUT2D eigenvalue weighted by Gasteiger charge is -2.26. The Labute approximate surface area is 157 Å². The Kier molecular flexibility index (Phi) is 5.35. The molecule has 3 amide bonds. The van der Waals surface area contributed by atoms with Crippen LogP contribution in [0.25, 0.3) is 0 Å². The summed E-state index contributed by atoms with van der Waals surface area (Å²) in [5, 5.41) is 0. The van der Waals surface area contributed by atoms with Gasteiger partial charge >= 0.3 is 12.0 Å². The third-order valence-electron chi connectivity index (χ3n) is 4.59. The first-order valence-electron chi connectivity index (χ1n) is 8.50. The molecular formula is C21H20N2O4. The van der Waals surface area contributed by atoms with Crippen molar-refractivity contribution in [2.24, 2.45) is 0 Å². The molecule has 0 spiro atoms. The van der Waals surface area contributed by atoms with Gasteiger partial charge in [0.15, 0.2) is 0 Å². The van der Waals surface area contributed by atoms with E-state index < -0.39 is 23.9 Å². The van der Waals surface area contributed by atoms with Crippen LogP contribution in [0.5, 0.6) is 0 Å². The van der Waals surface area contributed by atoms with Gasteiger partial charge in [0.2, 0.25) is 0 Å². The summed E-state index contributed by atoms with van der Waals surface area (Å²) in [6, 6.07) is 17.7. The zero-order valence-corrected chi connectivity index (χ0v) is 15.1. The van der Waals surface area contributed by atoms with Gasteiger partial charge in [0.1, 0.15) is 0 Å². The molecule has 0 aliphatic carbocycles. The number of rotatable bonds is 4. The quantitative estimate of drug-likeness (QED) is 0.618. The van der Waals surface area contributed by atoms with Crippen LogP contribution in [0.1, 0.15) is 23.2 Å². The molecule has 1 aliphatic rings. The largest absolute Gasteiger partial charge is 0.466 e. The van der Waals surface area contributed by atoms with Crippen molar-refractivity contribution in [3.05, 3.63) is 83.9 Å². The van der Waals surface area contributed by atoms with Crippen LogP contribution < -0.4 is 0 Å². The number of amides is 3. The highest BCUT2D eigenvalue weighted by Gasteiger charge is 2.47. The number of carbonyl (C=O) groups excluding carboxylic acids is 3. The molecule has 2 aromatic rings. The monoisotopic (exact) mass is 364 g/mol. The molecule has 1 heterocycles. The zero-order chi connectivity index (χ0) is 19.4. The number of methoxy groups -OCH3 is 1. The Morgan fingerprint density at radius 1 is 0.889 bits per heavy atom. The van der Waals surface area contributed by atoms with E-state index in [1.807, 2.05) is 60.7 Å². The SMILES string of the molecule is COC(=O)C=CC(=O)N1C(=O)N(C)[C@@H](c2ccccc2)[C@@H]1c1ccccc1. The van der Waals surface area contributed by atoms with Crippen LogP contribution in [0.2, 0.25) is 0 Å². The van der Waals surface area contributed by atoms with Gasteiger partial charge in [-0.05, 0) is 11.1 Å². The maximum absolute atomic E-state index is 12.9. The molecule has 1 aliphatic heterocycles. The normalized spacial score (nSPS) is 19.6. The second kappa shape index (κ2) is 7.86. The first-order chi connectivity index (χ1) is 13.0. The number of likely N-dealkylation sites (N-methyl/N-ethyl adjacent to an activating group) is 1. The fourth-order valence-electron chi connectivity index (χ4n) is 3.32. The van der Waals surface area contributed by atoms with Gasteiger partial charge in [0.05, 0.1) is 19.2 Å². The van der Waals surface area contributed by atoms with Gasteiger partial charge in [-0.3, -0.25) is 9.69 Å². The molecule has 0 radical (unpaired) electrons. The topological polar surface area (TPSA) is 66.9 Å². The maximum Gasteiger partial charge on any atom is 0.330 e. The molecule has 27 heavy (non-hydrogen) atoms. The lowest BCUT2D eigenvalue weighted by molar-refractivity contribution is -0.135. The molecule has 3 rings (SSSR count). The highest BCUT2D eigenvalue weighted by atomic mass is 16.5. The fourth-order valence-corrected chi connectivity index (χ4v) is 3.32. The van der Waals surface area contributed by atoms with Crippen LogP contribution >= 0.6 is 0 Å². The van der Waals surface area contributed by atoms with Crippen molar-refractivity contribution in [2.75, 3.05) is 14.2 Å². The van der Waals surface area contributed by atoms with Gasteiger partial charge in [-0.15, -0.1) is 0 Å². The van der Waals surface area contributed by atoms with Crippen LogP contribution in [-0.4, -0.2) is 41.9 Å². The first-order valence-corrected chi connectivity index (χ1v) is 8.50. The maximum atomic E-state index is 12.9. The number of nitrogens with zero attached hydrogens (tertiary/aromatic N) is 2. The molecule has 0 N–H and O–H groups in total. The van der Waals surface area contributed by atoms with Crippen LogP contribution in [0.3, 0.4) is 0 Å². The molecular weight excluding hydrogens is 344 g/mol. The Bertz CT molecular complexity index is 864. The number of carbonyl (C=O) groups is 3. The second-order valence-corrected chi connectivity index (χ2v) is 6.17. The smallest absolute Gasteiger partial charge is 0.330 e. The molecule has 6 heteroatoms. The van der Waals surface area contributed by atoms with Gasteiger partial charge in [-0.2, -0.15) is 0 Å². The second-order valence-electron chi connectivity index (χ2n) is 6.17. The minimum absolute atomic E-state index is 0.337. The van der Waals surface area contributed by atoms with Gasteiger partial charge in [0, 0.05) is 19.2 Å². The molecule has 1 saturated heterocycles. The summed E-state index contributed by atoms with van der Waals surface area (Å²) >= 11 is 0. The zero-order valence-electron chi connectivity index (χ0n) is 15.1. The van der Waals surface area contributed by atoms with Gasteiger partial charge in [0.25, 0.3) is 5.91 Å². The van der Waals surface area contributed by atoms with Crippen molar-refractivity contribution in [3.8, 4) is 0 Å². The summed E-state index contributed by atoms with van der Waals surface area (Å²) in [7, 11) is 2.90. The van der Waals surface area contributed by atoms with Crippen molar-refractivity contribution in [1.29, 1.82) is 0 Å². The highest BCUT2D eigenvalue weighted by Crippen LogP contribution is 2.44. The third-order valence-corrected chi connectivity index (χ3v) is 4.59. The van der Waals surface area contributed by atoms with Gasteiger partial charge < -0.3 is 9.64 Å². The van der Waals surface area contributed by atoms with E-state index in [1.165, 1.54) is 12.0 Å². The number of ether oxygens (including phenoxy) is 1. The standard InChI is InChI=1S/C21H20N2O4/c1-22-19(15-9-5-3-6-10-15)20(16-11-7-4-8-12-16)23(21(22)26)17(24)13-14-18(25)27-2/h3-14,19-20H,1-2H3/t19-,20-/m0/s1. The molecule has 0 bridgehead atoms. The molecule has 6 nitrogen and oxygen atoms in total. The van der Waals surface area contributed by atoms with Crippen molar-refractivity contribution >= 4 is 17.9 Å². The van der Waals surface area contributed by atoms with E-state index in [0.29, 0.717) is 0 Å². The molecule has 2 aromatic carbocycles. The molecule has 0 unspecified atom stereocenters. The number of imide groups is 1. The lowest BCUT2D eigenvalue weighted by atomic mass is 9.93. The summed E-state index contributed by atoms with van der Waals surface area (Å²) in [5.41, 5.74) is 1.76. The lowest BCUT2D eigenvalue weighted by Crippen LogP contribution is -2.35. The predicted molar refractivity (Wildman–Crippen MR) is 99.5 cm³/mol. The van der Waals surface area contributed by atoms with E-state index in [4.69, 9.17) is 0 Å². The van der Waals surface area contributed by atoms with Gasteiger partial charge in [-0.25, -0.2) is 9.59 Å². The van der Waals surface area contributed by atoms with E-state index in [9.17, 15) is 14.4 Å². The Hall–Kier alpha value is -3.41. The molecule has 2 atom stereocenters. The highest BCUT2D eigenvalue weighted by molar-refractivity contribution is 6.04. The van der Waals surface area contributed by atoms with E-state index in [2.05, 4.69) is 4.74 Å². The fraction of sp³-hybridized carbons (Fsp3) is 0.190. The van der Waals surface area contributed by atoms with Gasteiger partial charge in [-0.1, -0.05) is 60.7 Å². The summed E-state index contributed by atoms with van der Waals surface area (Å²) in [6.07, 6.45) is 2.09. The van der Waals surface area contributed by atoms with E-state index in [-0.39, 0.29) is 6.04 Å². The van der Waals surface area contributed by atoms with Crippen molar-refractivity contribution in [3.63, 3.8) is 0 Å². The van der Waals surface area contributed by atoms with Crippen molar-refractivity contribution in [1.82, 2.24) is 9.80 Å². The van der Waals surface area contributed by atoms with Crippen LogP contribution in [0.4, 0.5) is 4.79 Å². The van der Waals surface area contributed by atoms with E-state index >= 15 is 0 Å². The molecule has 1 fully saturated rings. The van der Waals surface area contributed by atoms with E-state index in [1.54, 1.807) is 11.9 Å². The van der Waals surface area contributed by atoms with Crippen molar-refractivity contribution in [2.45, 2.75) is 12.1 Å². The Morgan fingerprint density at radius 2 is 1.41 bits per heavy atom. The first kappa shape index (κ1) is 18.4. The van der Waals surface area contributed by atoms with Crippen LogP contribution in [0.15, 0.2) is 72.8 Å². The minimum Gasteiger partial charge on any atom is -0.466 e. The summed E-state index contributed by atoms with van der Waals surface area (Å²) < 4.78 is 4.52.